The average molecular weight is 375 g/mol. The van der Waals surface area contributed by atoms with E-state index in [9.17, 15) is 9.59 Å². The number of hydrogen-bond acceptors (Lipinski definition) is 7. The number of ether oxygens (including phenoxy) is 4. The number of esters is 1. The molecule has 0 aliphatic carbocycles. The minimum atomic E-state index is -0.596. The summed E-state index contributed by atoms with van der Waals surface area (Å²) in [4.78, 5) is 24.9. The van der Waals surface area contributed by atoms with Crippen molar-refractivity contribution in [1.29, 1.82) is 0 Å². The highest BCUT2D eigenvalue weighted by Crippen LogP contribution is 2.34. The Balaban J connectivity index is 1.84. The van der Waals surface area contributed by atoms with Crippen LogP contribution in [0.4, 0.5) is 5.69 Å². The van der Waals surface area contributed by atoms with E-state index in [0.717, 1.165) is 12.8 Å². The van der Waals surface area contributed by atoms with Gasteiger partial charge in [-0.05, 0) is 25.0 Å². The van der Waals surface area contributed by atoms with E-state index in [4.69, 9.17) is 23.4 Å². The Labute approximate surface area is 156 Å². The summed E-state index contributed by atoms with van der Waals surface area (Å²) in [7, 11) is 2.92. The van der Waals surface area contributed by atoms with Crippen LogP contribution in [-0.4, -0.2) is 45.4 Å². The van der Waals surface area contributed by atoms with E-state index in [-0.39, 0.29) is 29.7 Å². The topological polar surface area (TPSA) is 96.2 Å². The summed E-state index contributed by atoms with van der Waals surface area (Å²) in [5, 5.41) is 2.65. The highest BCUT2D eigenvalue weighted by Gasteiger charge is 2.23. The zero-order valence-electron chi connectivity index (χ0n) is 15.2. The van der Waals surface area contributed by atoms with E-state index >= 15 is 0 Å². The summed E-state index contributed by atoms with van der Waals surface area (Å²) in [6.07, 6.45) is 3.08. The van der Waals surface area contributed by atoms with Crippen molar-refractivity contribution in [2.24, 2.45) is 0 Å². The fourth-order valence-corrected chi connectivity index (χ4v) is 2.77. The van der Waals surface area contributed by atoms with Crippen molar-refractivity contribution >= 4 is 17.6 Å². The molecule has 0 unspecified atom stereocenters. The molecular weight excluding hydrogens is 354 g/mol. The number of nitrogens with one attached hydrogen (secondary N) is 1. The van der Waals surface area contributed by atoms with Gasteiger partial charge in [0.1, 0.15) is 6.61 Å². The van der Waals surface area contributed by atoms with Crippen LogP contribution in [0.2, 0.25) is 0 Å². The van der Waals surface area contributed by atoms with Crippen LogP contribution in [0.5, 0.6) is 11.5 Å². The zero-order chi connectivity index (χ0) is 19.2. The van der Waals surface area contributed by atoms with Gasteiger partial charge in [-0.15, -0.1) is 0 Å². The molecule has 0 bridgehead atoms. The smallest absolute Gasteiger partial charge is 0.340 e. The first-order chi connectivity index (χ1) is 13.1. The molecule has 1 saturated heterocycles. The van der Waals surface area contributed by atoms with Crippen LogP contribution in [0, 0.1) is 0 Å². The molecule has 27 heavy (non-hydrogen) atoms. The lowest BCUT2D eigenvalue weighted by Gasteiger charge is -2.16. The number of benzene rings is 1. The molecule has 8 heteroatoms. The molecule has 1 atom stereocenters. The van der Waals surface area contributed by atoms with E-state index in [0.29, 0.717) is 18.1 Å². The van der Waals surface area contributed by atoms with Gasteiger partial charge in [0, 0.05) is 18.7 Å². The molecule has 1 N–H and O–H groups in total. The largest absolute Gasteiger partial charge is 0.493 e. The molecule has 1 aliphatic heterocycles. The van der Waals surface area contributed by atoms with Gasteiger partial charge in [0.05, 0.1) is 37.8 Å². The lowest BCUT2D eigenvalue weighted by Crippen LogP contribution is -2.20. The van der Waals surface area contributed by atoms with E-state index in [1.807, 2.05) is 0 Å². The van der Waals surface area contributed by atoms with E-state index in [2.05, 4.69) is 5.32 Å². The maximum absolute atomic E-state index is 12.6. The predicted octanol–water partition coefficient (Wildman–Crippen LogP) is 2.88. The molecule has 0 saturated carbocycles. The Morgan fingerprint density at radius 3 is 2.63 bits per heavy atom. The maximum atomic E-state index is 12.6. The third kappa shape index (κ3) is 4.40. The van der Waals surface area contributed by atoms with E-state index in [1.54, 1.807) is 6.07 Å². The molecule has 1 aromatic carbocycles. The molecule has 3 rings (SSSR count). The lowest BCUT2D eigenvalue weighted by atomic mass is 10.1. The molecule has 2 aromatic rings. The summed E-state index contributed by atoms with van der Waals surface area (Å²) in [6, 6.07) is 6.09. The number of rotatable bonds is 7. The van der Waals surface area contributed by atoms with Crippen LogP contribution in [0.15, 0.2) is 34.9 Å². The molecule has 144 valence electrons. The molecule has 1 aromatic heterocycles. The van der Waals surface area contributed by atoms with Crippen LogP contribution < -0.4 is 14.8 Å². The average Bonchev–Trinajstić information content (AvgIpc) is 3.39. The Hall–Kier alpha value is -3.00. The van der Waals surface area contributed by atoms with Gasteiger partial charge in [0.2, 0.25) is 0 Å². The first kappa shape index (κ1) is 18.8. The highest BCUT2D eigenvalue weighted by atomic mass is 16.6. The number of furan rings is 1. The fraction of sp³-hybridized carbons (Fsp3) is 0.368. The standard InChI is InChI=1S/C19H21NO7/c1-23-16-9-13(19(22)27-11-12-5-3-7-25-12)14(10-17(16)24-2)20-18(21)15-6-4-8-26-15/h4,6,8-10,12H,3,5,7,11H2,1-2H3,(H,20,21)/t12-/m0/s1. The van der Waals surface area contributed by atoms with Gasteiger partial charge in [-0.25, -0.2) is 4.79 Å². The monoisotopic (exact) mass is 375 g/mol. The Morgan fingerprint density at radius 2 is 2.00 bits per heavy atom. The van der Waals surface area contributed by atoms with Gasteiger partial charge < -0.3 is 28.7 Å². The summed E-state index contributed by atoms with van der Waals surface area (Å²) in [6.45, 7) is 0.821. The molecular formula is C19H21NO7. The Bertz CT molecular complexity index is 795. The first-order valence-electron chi connectivity index (χ1n) is 8.52. The van der Waals surface area contributed by atoms with Crippen LogP contribution >= 0.6 is 0 Å². The van der Waals surface area contributed by atoms with E-state index in [1.165, 1.54) is 38.7 Å². The molecule has 8 nitrogen and oxygen atoms in total. The second kappa shape index (κ2) is 8.59. The number of hydrogen-bond donors (Lipinski definition) is 1. The zero-order valence-corrected chi connectivity index (χ0v) is 15.2. The minimum absolute atomic E-state index is 0.102. The van der Waals surface area contributed by atoms with Gasteiger partial charge in [0.25, 0.3) is 5.91 Å². The summed E-state index contributed by atoms with van der Waals surface area (Å²) in [5.41, 5.74) is 0.372. The second-order valence-corrected chi connectivity index (χ2v) is 5.92. The van der Waals surface area contributed by atoms with E-state index < -0.39 is 11.9 Å². The summed E-state index contributed by atoms with van der Waals surface area (Å²) >= 11 is 0. The van der Waals surface area contributed by atoms with Crippen molar-refractivity contribution < 1.29 is 33.0 Å². The molecule has 0 spiro atoms. The molecule has 0 radical (unpaired) electrons. The molecule has 1 aliphatic rings. The number of carbonyl (C=O) groups excluding carboxylic acids is 2. The molecule has 1 fully saturated rings. The third-order valence-electron chi connectivity index (χ3n) is 4.16. The van der Waals surface area contributed by atoms with Gasteiger partial charge in [-0.3, -0.25) is 4.79 Å². The SMILES string of the molecule is COc1cc(NC(=O)c2ccco2)c(C(=O)OC[C@@H]2CCCO2)cc1OC. The first-order valence-corrected chi connectivity index (χ1v) is 8.52. The van der Waals surface area contributed by atoms with Crippen LogP contribution in [0.25, 0.3) is 0 Å². The summed E-state index contributed by atoms with van der Waals surface area (Å²) < 4.78 is 26.4. The fourth-order valence-electron chi connectivity index (χ4n) is 2.77. The van der Waals surface area contributed by atoms with Gasteiger partial charge in [-0.2, -0.15) is 0 Å². The number of methoxy groups -OCH3 is 2. The van der Waals surface area contributed by atoms with Crippen molar-refractivity contribution in [1.82, 2.24) is 0 Å². The highest BCUT2D eigenvalue weighted by molar-refractivity contribution is 6.07. The predicted molar refractivity (Wildman–Crippen MR) is 95.5 cm³/mol. The maximum Gasteiger partial charge on any atom is 0.340 e. The molecule has 2 heterocycles. The third-order valence-corrected chi connectivity index (χ3v) is 4.16. The lowest BCUT2D eigenvalue weighted by molar-refractivity contribution is 0.0162. The minimum Gasteiger partial charge on any atom is -0.493 e. The number of carbonyl (C=O) groups is 2. The van der Waals surface area contributed by atoms with Crippen molar-refractivity contribution in [3.63, 3.8) is 0 Å². The van der Waals surface area contributed by atoms with Crippen LogP contribution in [0.3, 0.4) is 0 Å². The quantitative estimate of drug-likeness (QED) is 0.743. The van der Waals surface area contributed by atoms with Crippen LogP contribution in [-0.2, 0) is 9.47 Å². The molecule has 1 amide bonds. The van der Waals surface area contributed by atoms with Crippen molar-refractivity contribution in [3.05, 3.63) is 41.9 Å². The Morgan fingerprint density at radius 1 is 1.22 bits per heavy atom. The van der Waals surface area contributed by atoms with Crippen molar-refractivity contribution in [2.45, 2.75) is 18.9 Å². The summed E-state index contributed by atoms with van der Waals surface area (Å²) in [5.74, 6) is -0.273. The van der Waals surface area contributed by atoms with Gasteiger partial charge in [0.15, 0.2) is 17.3 Å². The normalized spacial score (nSPS) is 16.0. The van der Waals surface area contributed by atoms with Crippen LogP contribution in [0.1, 0.15) is 33.8 Å². The van der Waals surface area contributed by atoms with Gasteiger partial charge >= 0.3 is 5.97 Å². The van der Waals surface area contributed by atoms with Gasteiger partial charge in [-0.1, -0.05) is 0 Å². The van der Waals surface area contributed by atoms with Crippen molar-refractivity contribution in [3.8, 4) is 11.5 Å². The number of anilines is 1. The Kier molecular flexibility index (Phi) is 5.97. The van der Waals surface area contributed by atoms with Crippen molar-refractivity contribution in [2.75, 3.05) is 32.8 Å². The number of amides is 1. The second-order valence-electron chi connectivity index (χ2n) is 5.92.